The molecule has 1 amide bonds. The summed E-state index contributed by atoms with van der Waals surface area (Å²) in [6, 6.07) is 19.5. The predicted molar refractivity (Wildman–Crippen MR) is 136 cm³/mol. The van der Waals surface area contributed by atoms with Crippen molar-refractivity contribution in [2.75, 3.05) is 24.6 Å². The highest BCUT2D eigenvalue weighted by Crippen LogP contribution is 2.44. The van der Waals surface area contributed by atoms with E-state index in [0.29, 0.717) is 11.3 Å². The summed E-state index contributed by atoms with van der Waals surface area (Å²) in [5, 5.41) is 12.1. The molecule has 0 radical (unpaired) electrons. The molecular formula is C29H29FN2O4. The second-order valence-corrected chi connectivity index (χ2v) is 9.40. The van der Waals surface area contributed by atoms with Gasteiger partial charge in [-0.15, -0.1) is 0 Å². The van der Waals surface area contributed by atoms with Crippen molar-refractivity contribution in [3.63, 3.8) is 0 Å². The molecule has 6 nitrogen and oxygen atoms in total. The van der Waals surface area contributed by atoms with Crippen molar-refractivity contribution in [3.05, 3.63) is 89.2 Å². The van der Waals surface area contributed by atoms with Gasteiger partial charge in [-0.1, -0.05) is 54.6 Å². The van der Waals surface area contributed by atoms with Gasteiger partial charge in [0.05, 0.1) is 5.69 Å². The number of hydrogen-bond acceptors (Lipinski definition) is 4. The number of piperidine rings is 1. The number of benzene rings is 3. The molecule has 1 unspecified atom stereocenters. The first-order valence-electron chi connectivity index (χ1n) is 12.4. The lowest BCUT2D eigenvalue weighted by molar-refractivity contribution is -0.139. The molecule has 2 N–H and O–H groups in total. The van der Waals surface area contributed by atoms with Gasteiger partial charge < -0.3 is 20.1 Å². The second kappa shape index (κ2) is 10.4. The summed E-state index contributed by atoms with van der Waals surface area (Å²) in [6.45, 7) is 1.72. The van der Waals surface area contributed by atoms with E-state index in [2.05, 4.69) is 5.32 Å². The zero-order chi connectivity index (χ0) is 25.1. The quantitative estimate of drug-likeness (QED) is 0.469. The lowest BCUT2D eigenvalue weighted by atomic mass is 9.98. The van der Waals surface area contributed by atoms with Crippen molar-refractivity contribution in [3.8, 4) is 11.1 Å². The number of carbonyl (C=O) groups is 2. The van der Waals surface area contributed by atoms with Crippen LogP contribution in [0.1, 0.15) is 41.9 Å². The second-order valence-electron chi connectivity index (χ2n) is 9.40. The number of nitrogens with one attached hydrogen (secondary N) is 1. The van der Waals surface area contributed by atoms with Crippen LogP contribution < -0.4 is 10.2 Å². The molecule has 2 aliphatic rings. The Morgan fingerprint density at radius 2 is 1.61 bits per heavy atom. The highest BCUT2D eigenvalue weighted by molar-refractivity contribution is 5.81. The Morgan fingerprint density at radius 3 is 2.22 bits per heavy atom. The highest BCUT2D eigenvalue weighted by atomic mass is 19.1. The number of ether oxygens (including phenoxy) is 1. The fraction of sp³-hybridized carbons (Fsp3) is 0.310. The number of rotatable bonds is 7. The van der Waals surface area contributed by atoms with E-state index >= 15 is 0 Å². The Balaban J connectivity index is 1.22. The normalized spacial score (nSPS) is 15.6. The van der Waals surface area contributed by atoms with Crippen LogP contribution in [0.4, 0.5) is 14.9 Å². The SMILES string of the molecule is O=C(NC(Cc1ccc(N2CCCCC2)c(F)c1)C(=O)O)OCC1c2ccccc2-c2ccccc21. The summed E-state index contributed by atoms with van der Waals surface area (Å²) in [6.07, 6.45) is 2.36. The number of aliphatic carboxylic acids is 1. The Kier molecular flexibility index (Phi) is 6.89. The summed E-state index contributed by atoms with van der Waals surface area (Å²) in [7, 11) is 0. The van der Waals surface area contributed by atoms with Gasteiger partial charge in [0, 0.05) is 25.4 Å². The first-order valence-corrected chi connectivity index (χ1v) is 12.4. The van der Waals surface area contributed by atoms with Gasteiger partial charge in [0.1, 0.15) is 18.5 Å². The molecule has 0 bridgehead atoms. The van der Waals surface area contributed by atoms with Crippen LogP contribution in [0.25, 0.3) is 11.1 Å². The van der Waals surface area contributed by atoms with E-state index < -0.39 is 18.1 Å². The number of halogens is 1. The van der Waals surface area contributed by atoms with E-state index in [-0.39, 0.29) is 24.8 Å². The van der Waals surface area contributed by atoms with Crippen LogP contribution >= 0.6 is 0 Å². The Labute approximate surface area is 209 Å². The fourth-order valence-corrected chi connectivity index (χ4v) is 5.29. The van der Waals surface area contributed by atoms with Crippen molar-refractivity contribution in [1.82, 2.24) is 5.32 Å². The number of carboxylic acids is 1. The number of anilines is 1. The number of nitrogens with zero attached hydrogens (tertiary/aromatic N) is 1. The minimum atomic E-state index is -1.24. The minimum absolute atomic E-state index is 0.0449. The van der Waals surface area contributed by atoms with Crippen molar-refractivity contribution in [2.45, 2.75) is 37.6 Å². The molecule has 0 aromatic heterocycles. The highest BCUT2D eigenvalue weighted by Gasteiger charge is 2.30. The van der Waals surface area contributed by atoms with Gasteiger partial charge in [-0.2, -0.15) is 0 Å². The third-order valence-corrected chi connectivity index (χ3v) is 7.08. The monoisotopic (exact) mass is 488 g/mol. The number of hydrogen-bond donors (Lipinski definition) is 2. The molecule has 1 heterocycles. The van der Waals surface area contributed by atoms with E-state index in [9.17, 15) is 19.1 Å². The first-order chi connectivity index (χ1) is 17.5. The molecular weight excluding hydrogens is 459 g/mol. The molecule has 5 rings (SSSR count). The zero-order valence-corrected chi connectivity index (χ0v) is 20.0. The van der Waals surface area contributed by atoms with E-state index in [1.54, 1.807) is 12.1 Å². The number of amides is 1. The van der Waals surface area contributed by atoms with E-state index in [1.807, 2.05) is 53.4 Å². The Hall–Kier alpha value is -3.87. The number of fused-ring (bicyclic) bond motifs is 3. The van der Waals surface area contributed by atoms with E-state index in [0.717, 1.165) is 54.6 Å². The van der Waals surface area contributed by atoms with Crippen LogP contribution in [0.2, 0.25) is 0 Å². The summed E-state index contributed by atoms with van der Waals surface area (Å²) in [5.41, 5.74) is 5.41. The maximum atomic E-state index is 14.8. The van der Waals surface area contributed by atoms with Gasteiger partial charge in [0.15, 0.2) is 0 Å². The van der Waals surface area contributed by atoms with Crippen LogP contribution in [0.5, 0.6) is 0 Å². The molecule has 7 heteroatoms. The van der Waals surface area contributed by atoms with Crippen LogP contribution in [0.15, 0.2) is 66.7 Å². The molecule has 3 aromatic carbocycles. The molecule has 186 valence electrons. The van der Waals surface area contributed by atoms with Gasteiger partial charge in [-0.25, -0.2) is 14.0 Å². The smallest absolute Gasteiger partial charge is 0.407 e. The molecule has 0 spiro atoms. The lowest BCUT2D eigenvalue weighted by Gasteiger charge is -2.29. The molecule has 3 aromatic rings. The first kappa shape index (κ1) is 23.9. The maximum absolute atomic E-state index is 14.8. The minimum Gasteiger partial charge on any atom is -0.480 e. The van der Waals surface area contributed by atoms with Crippen molar-refractivity contribution >= 4 is 17.7 Å². The molecule has 1 atom stereocenters. The fourth-order valence-electron chi connectivity index (χ4n) is 5.29. The Bertz CT molecular complexity index is 1230. The zero-order valence-electron chi connectivity index (χ0n) is 20.0. The molecule has 1 saturated heterocycles. The molecule has 0 saturated carbocycles. The third kappa shape index (κ3) is 4.91. The van der Waals surface area contributed by atoms with Gasteiger partial charge in [0.25, 0.3) is 0 Å². The molecule has 36 heavy (non-hydrogen) atoms. The van der Waals surface area contributed by atoms with Crippen LogP contribution in [-0.2, 0) is 16.0 Å². The maximum Gasteiger partial charge on any atom is 0.407 e. The van der Waals surface area contributed by atoms with Crippen molar-refractivity contribution in [2.24, 2.45) is 0 Å². The molecule has 1 fully saturated rings. The van der Waals surface area contributed by atoms with Crippen LogP contribution in [0.3, 0.4) is 0 Å². The number of alkyl carbamates (subject to hydrolysis) is 1. The molecule has 1 aliphatic carbocycles. The summed E-state index contributed by atoms with van der Waals surface area (Å²) in [4.78, 5) is 26.5. The van der Waals surface area contributed by atoms with Gasteiger partial charge in [-0.05, 0) is 59.2 Å². The topological polar surface area (TPSA) is 78.9 Å². The molecule has 1 aliphatic heterocycles. The van der Waals surface area contributed by atoms with Crippen LogP contribution in [0, 0.1) is 5.82 Å². The van der Waals surface area contributed by atoms with Crippen molar-refractivity contribution < 1.29 is 23.8 Å². The summed E-state index contributed by atoms with van der Waals surface area (Å²) >= 11 is 0. The largest absolute Gasteiger partial charge is 0.480 e. The Morgan fingerprint density at radius 1 is 0.972 bits per heavy atom. The van der Waals surface area contributed by atoms with E-state index in [1.165, 1.54) is 6.07 Å². The van der Waals surface area contributed by atoms with Gasteiger partial charge in [-0.3, -0.25) is 0 Å². The summed E-state index contributed by atoms with van der Waals surface area (Å²) in [5.74, 6) is -1.70. The average molecular weight is 489 g/mol. The standard InChI is InChI=1S/C29H29FN2O4/c30-25-16-19(12-13-27(25)32-14-6-1-7-15-32)17-26(28(33)34)31-29(35)36-18-24-22-10-4-2-8-20(22)21-9-3-5-11-23(21)24/h2-5,8-13,16,24,26H,1,6-7,14-15,17-18H2,(H,31,35)(H,33,34). The number of carboxylic acid groups (broad SMARTS) is 1. The summed E-state index contributed by atoms with van der Waals surface area (Å²) < 4.78 is 20.3. The van der Waals surface area contributed by atoms with Gasteiger partial charge in [0.2, 0.25) is 0 Å². The lowest BCUT2D eigenvalue weighted by Crippen LogP contribution is -2.43. The average Bonchev–Trinajstić information content (AvgIpc) is 3.21. The number of carbonyl (C=O) groups excluding carboxylic acids is 1. The van der Waals surface area contributed by atoms with Gasteiger partial charge >= 0.3 is 12.1 Å². The van der Waals surface area contributed by atoms with Crippen LogP contribution in [-0.4, -0.2) is 42.9 Å². The predicted octanol–water partition coefficient (Wildman–Crippen LogP) is 5.35. The van der Waals surface area contributed by atoms with E-state index in [4.69, 9.17) is 4.74 Å². The third-order valence-electron chi connectivity index (χ3n) is 7.08. The van der Waals surface area contributed by atoms with Crippen molar-refractivity contribution in [1.29, 1.82) is 0 Å².